The molecule has 0 saturated carbocycles. The number of hydrogen-bond acceptors (Lipinski definition) is 5. The predicted octanol–water partition coefficient (Wildman–Crippen LogP) is 25.2. The smallest absolute Gasteiger partial charge is 0.235 e. The van der Waals surface area contributed by atoms with Crippen LogP contribution in [0.15, 0.2) is 368 Å². The Labute approximate surface area is 609 Å². The van der Waals surface area contributed by atoms with Gasteiger partial charge in [0.2, 0.25) is 5.95 Å². The van der Waals surface area contributed by atoms with Crippen molar-refractivity contribution < 1.29 is 4.42 Å². The molecule has 0 amide bonds. The molecule has 0 bridgehead atoms. The zero-order valence-electron chi connectivity index (χ0n) is 57.2. The van der Waals surface area contributed by atoms with Gasteiger partial charge in [0.1, 0.15) is 11.2 Å². The Morgan fingerprint density at radius 1 is 0.255 bits per heavy atom. The third-order valence-corrected chi connectivity index (χ3v) is 22.2. The standard InChI is InChI=1S/C54H34N4.C45H26N2O/c1-2-14-42(15-3-1)57-49-20-10-7-16-43(49)46-33-40(28-30-51(46)57)41-29-31-52-47(34-41)44-17-8-11-21-50(44)58(52)54-55-48-19-9-6-18-45(48)53(56-54)37-25-22-36(23-26-37)39-27-24-35-12-4-5-13-38(35)32-39;1-2-12-27(13-3-1)42-34-17-6-10-20-39(34)46-44(47-42)28-22-23-30-29-14-4-8-18-35(29)45(38(30)26-28)36-19-9-5-16-33(36)41-37(45)25-24-32-31-15-7-11-21-40(31)48-43(32)41/h1-34H;1-26H. The average Bonchev–Trinajstić information content (AvgIpc) is 1.50. The highest BCUT2D eigenvalue weighted by Crippen LogP contribution is 2.64. The minimum Gasteiger partial charge on any atom is -0.455 e. The topological polar surface area (TPSA) is 74.6 Å². The fraction of sp³-hybridized carbons (Fsp3) is 0.0101. The number of aromatic nitrogens is 6. The summed E-state index contributed by atoms with van der Waals surface area (Å²) in [5.74, 6) is 1.38. The molecular weight excluding hydrogens is 1290 g/mol. The summed E-state index contributed by atoms with van der Waals surface area (Å²) in [6.07, 6.45) is 0. The quantitative estimate of drug-likeness (QED) is 0.159. The SMILES string of the molecule is c1ccc(-c2nc(-c3ccc4c(c3)C3(c5ccccc5-4)c4ccccc4-c4c3ccc3c4oc4ccccc43)nc3ccccc23)cc1.c1ccc(-n2c3ccccc3c3cc(-c4ccc5c(c4)c4ccccc4n5-c4nc(-c5ccc(-c6ccc7ccccc7c6)cc5)c5ccccc5n4)ccc32)cc1. The number of fused-ring (bicyclic) bond motifs is 23. The molecule has 0 radical (unpaired) electrons. The second-order valence-electron chi connectivity index (χ2n) is 27.9. The highest BCUT2D eigenvalue weighted by Gasteiger charge is 2.52. The lowest BCUT2D eigenvalue weighted by Crippen LogP contribution is -2.25. The summed E-state index contributed by atoms with van der Waals surface area (Å²) in [4.78, 5) is 21.0. The molecule has 21 aromatic rings. The Kier molecular flexibility index (Phi) is 13.2. The molecule has 0 fully saturated rings. The van der Waals surface area contributed by atoms with Crippen molar-refractivity contribution >= 4 is 98.1 Å². The van der Waals surface area contributed by atoms with Crippen molar-refractivity contribution in [2.75, 3.05) is 0 Å². The molecule has 0 saturated heterocycles. The van der Waals surface area contributed by atoms with Gasteiger partial charge in [-0.05, 0) is 151 Å². The van der Waals surface area contributed by atoms with Gasteiger partial charge in [-0.1, -0.05) is 285 Å². The third kappa shape index (κ3) is 8.99. The number of furan rings is 1. The summed E-state index contributed by atoms with van der Waals surface area (Å²) in [7, 11) is 0. The van der Waals surface area contributed by atoms with Gasteiger partial charge in [-0.3, -0.25) is 4.57 Å². The van der Waals surface area contributed by atoms with Crippen LogP contribution in [-0.4, -0.2) is 29.1 Å². The Morgan fingerprint density at radius 3 is 1.49 bits per heavy atom. The van der Waals surface area contributed by atoms with Crippen LogP contribution in [0.25, 0.3) is 188 Å². The summed E-state index contributed by atoms with van der Waals surface area (Å²) in [6, 6.07) is 130. The lowest BCUT2D eigenvalue weighted by atomic mass is 9.70. The van der Waals surface area contributed by atoms with Crippen LogP contribution in [-0.2, 0) is 5.41 Å². The van der Waals surface area contributed by atoms with E-state index in [1.165, 1.54) is 105 Å². The largest absolute Gasteiger partial charge is 0.455 e. The van der Waals surface area contributed by atoms with Crippen molar-refractivity contribution in [1.29, 1.82) is 0 Å². The van der Waals surface area contributed by atoms with E-state index in [1.807, 2.05) is 18.2 Å². The second kappa shape index (κ2) is 23.5. The monoisotopic (exact) mass is 1350 g/mol. The zero-order chi connectivity index (χ0) is 69.6. The first-order valence-corrected chi connectivity index (χ1v) is 36.2. The van der Waals surface area contributed by atoms with Crippen molar-refractivity contribution in [3.8, 4) is 90.0 Å². The maximum atomic E-state index is 6.70. The van der Waals surface area contributed by atoms with E-state index in [1.54, 1.807) is 0 Å². The second-order valence-corrected chi connectivity index (χ2v) is 27.9. The summed E-state index contributed by atoms with van der Waals surface area (Å²) in [5, 5.41) is 11.7. The molecular formula is C99H60N6O. The average molecular weight is 1350 g/mol. The summed E-state index contributed by atoms with van der Waals surface area (Å²) in [6.45, 7) is 0. The first-order chi connectivity index (χ1) is 52.6. The summed E-state index contributed by atoms with van der Waals surface area (Å²) < 4.78 is 11.3. The molecule has 2 aliphatic rings. The van der Waals surface area contributed by atoms with E-state index in [4.69, 9.17) is 24.4 Å². The molecule has 5 heterocycles. The van der Waals surface area contributed by atoms with Crippen molar-refractivity contribution in [2.45, 2.75) is 5.41 Å². The maximum absolute atomic E-state index is 6.70. The van der Waals surface area contributed by atoms with Crippen LogP contribution in [0.3, 0.4) is 0 Å². The highest BCUT2D eigenvalue weighted by molar-refractivity contribution is 6.15. The molecule has 23 rings (SSSR count). The first kappa shape index (κ1) is 59.5. The molecule has 2 aliphatic carbocycles. The fourth-order valence-electron chi connectivity index (χ4n) is 17.5. The number of hydrogen-bond donors (Lipinski definition) is 0. The lowest BCUT2D eigenvalue weighted by molar-refractivity contribution is 0.669. The van der Waals surface area contributed by atoms with Crippen LogP contribution >= 0.6 is 0 Å². The van der Waals surface area contributed by atoms with Gasteiger partial charge in [-0.2, -0.15) is 0 Å². The van der Waals surface area contributed by atoms with Crippen LogP contribution < -0.4 is 0 Å². The van der Waals surface area contributed by atoms with E-state index in [0.29, 0.717) is 5.95 Å². The van der Waals surface area contributed by atoms with Crippen LogP contribution in [0.5, 0.6) is 0 Å². The Morgan fingerprint density at radius 2 is 0.755 bits per heavy atom. The maximum Gasteiger partial charge on any atom is 0.235 e. The van der Waals surface area contributed by atoms with Gasteiger partial charge in [0.05, 0.1) is 49.9 Å². The molecule has 0 N–H and O–H groups in total. The van der Waals surface area contributed by atoms with Gasteiger partial charge in [0, 0.05) is 71.0 Å². The Hall–Kier alpha value is -14.1. The molecule has 106 heavy (non-hydrogen) atoms. The Balaban J connectivity index is 0.000000135. The molecule has 16 aromatic carbocycles. The molecule has 1 atom stereocenters. The summed E-state index contributed by atoms with van der Waals surface area (Å²) >= 11 is 0. The third-order valence-electron chi connectivity index (χ3n) is 22.2. The summed E-state index contributed by atoms with van der Waals surface area (Å²) in [5.41, 5.74) is 28.6. The van der Waals surface area contributed by atoms with Gasteiger partial charge in [0.15, 0.2) is 5.82 Å². The normalized spacial score (nSPS) is 13.5. The number of nitrogens with zero attached hydrogens (tertiary/aromatic N) is 6. The van der Waals surface area contributed by atoms with Crippen molar-refractivity contribution in [3.05, 3.63) is 386 Å². The predicted molar refractivity (Wildman–Crippen MR) is 436 cm³/mol. The highest BCUT2D eigenvalue weighted by atomic mass is 16.3. The molecule has 0 aliphatic heterocycles. The van der Waals surface area contributed by atoms with Gasteiger partial charge in [0.25, 0.3) is 0 Å². The zero-order valence-corrected chi connectivity index (χ0v) is 57.2. The van der Waals surface area contributed by atoms with Crippen molar-refractivity contribution in [2.24, 2.45) is 0 Å². The number of rotatable bonds is 7. The number of para-hydroxylation sites is 6. The minimum absolute atomic E-state index is 0.514. The van der Waals surface area contributed by atoms with Gasteiger partial charge in [-0.25, -0.2) is 19.9 Å². The van der Waals surface area contributed by atoms with Crippen LogP contribution in [0.4, 0.5) is 0 Å². The van der Waals surface area contributed by atoms with E-state index in [2.05, 4.69) is 355 Å². The van der Waals surface area contributed by atoms with Gasteiger partial charge in [-0.15, -0.1) is 0 Å². The molecule has 5 aromatic heterocycles. The molecule has 7 nitrogen and oxygen atoms in total. The van der Waals surface area contributed by atoms with Crippen molar-refractivity contribution in [1.82, 2.24) is 29.1 Å². The van der Waals surface area contributed by atoms with E-state index >= 15 is 0 Å². The van der Waals surface area contributed by atoms with Crippen LogP contribution in [0, 0.1) is 0 Å². The van der Waals surface area contributed by atoms with E-state index in [-0.39, 0.29) is 0 Å². The van der Waals surface area contributed by atoms with E-state index in [0.717, 1.165) is 99.8 Å². The Bertz CT molecular complexity index is 7210. The van der Waals surface area contributed by atoms with Crippen LogP contribution in [0.2, 0.25) is 0 Å². The van der Waals surface area contributed by atoms with E-state index < -0.39 is 5.41 Å². The molecule has 1 spiro atoms. The van der Waals surface area contributed by atoms with E-state index in [9.17, 15) is 0 Å². The molecule has 1 unspecified atom stereocenters. The molecule has 492 valence electrons. The first-order valence-electron chi connectivity index (χ1n) is 36.2. The fourth-order valence-corrected chi connectivity index (χ4v) is 17.5. The lowest BCUT2D eigenvalue weighted by Gasteiger charge is -2.30. The van der Waals surface area contributed by atoms with Crippen molar-refractivity contribution in [3.63, 3.8) is 0 Å². The number of benzene rings is 16. The van der Waals surface area contributed by atoms with Gasteiger partial charge >= 0.3 is 0 Å². The van der Waals surface area contributed by atoms with Gasteiger partial charge < -0.3 is 8.98 Å². The minimum atomic E-state index is -0.514. The van der Waals surface area contributed by atoms with Crippen LogP contribution in [0.1, 0.15) is 22.3 Å². The molecule has 7 heteroatoms.